The molecule has 1 unspecified atom stereocenters. The summed E-state index contributed by atoms with van der Waals surface area (Å²) in [6.45, 7) is 3.95. The van der Waals surface area contributed by atoms with Crippen LogP contribution in [0.2, 0.25) is 0 Å². The molecule has 0 aliphatic heterocycles. The van der Waals surface area contributed by atoms with Crippen LogP contribution in [-0.4, -0.2) is 16.1 Å². The van der Waals surface area contributed by atoms with Gasteiger partial charge in [-0.25, -0.2) is 9.97 Å². The molecule has 0 aliphatic carbocycles. The van der Waals surface area contributed by atoms with E-state index in [1.165, 1.54) is 0 Å². The van der Waals surface area contributed by atoms with E-state index in [9.17, 15) is 13.2 Å². The van der Waals surface area contributed by atoms with Crippen molar-refractivity contribution in [2.75, 3.05) is 5.32 Å². The molecule has 29 heavy (non-hydrogen) atoms. The summed E-state index contributed by atoms with van der Waals surface area (Å²) >= 11 is 0. The number of alkyl halides is 3. The van der Waals surface area contributed by atoms with Crippen LogP contribution in [0, 0.1) is 6.92 Å². The van der Waals surface area contributed by atoms with Crippen molar-refractivity contribution in [1.82, 2.24) is 9.97 Å². The SMILES string of the molecule is CCc1cnc(-c2ccc(C(CCC(F)(F)F)Nc3ccccc3)c(C)c2)nc1. The van der Waals surface area contributed by atoms with Crippen LogP contribution >= 0.6 is 0 Å². The second-order valence-corrected chi connectivity index (χ2v) is 7.06. The summed E-state index contributed by atoms with van der Waals surface area (Å²) in [5.41, 5.74) is 4.44. The maximum Gasteiger partial charge on any atom is 0.389 e. The molecule has 0 spiro atoms. The van der Waals surface area contributed by atoms with Gasteiger partial charge in [0.1, 0.15) is 0 Å². The highest BCUT2D eigenvalue weighted by Gasteiger charge is 2.29. The number of benzene rings is 2. The quantitative estimate of drug-likeness (QED) is 0.492. The van der Waals surface area contributed by atoms with Gasteiger partial charge in [0.25, 0.3) is 0 Å². The van der Waals surface area contributed by atoms with Crippen molar-refractivity contribution in [3.05, 3.63) is 77.6 Å². The second-order valence-electron chi connectivity index (χ2n) is 7.06. The fraction of sp³-hybridized carbons (Fsp3) is 0.304. The van der Waals surface area contributed by atoms with Crippen LogP contribution in [0.4, 0.5) is 18.9 Å². The molecule has 3 rings (SSSR count). The van der Waals surface area contributed by atoms with Gasteiger partial charge in [-0.2, -0.15) is 13.2 Å². The third kappa shape index (κ3) is 5.79. The summed E-state index contributed by atoms with van der Waals surface area (Å²) in [5, 5.41) is 3.25. The Morgan fingerprint density at radius 2 is 1.69 bits per heavy atom. The number of anilines is 1. The number of para-hydroxylation sites is 1. The van der Waals surface area contributed by atoms with E-state index in [1.54, 1.807) is 12.4 Å². The van der Waals surface area contributed by atoms with E-state index in [1.807, 2.05) is 62.4 Å². The number of hydrogen-bond acceptors (Lipinski definition) is 3. The van der Waals surface area contributed by atoms with E-state index >= 15 is 0 Å². The van der Waals surface area contributed by atoms with Crippen molar-refractivity contribution in [2.24, 2.45) is 0 Å². The normalized spacial score (nSPS) is 12.6. The smallest absolute Gasteiger partial charge is 0.378 e. The maximum atomic E-state index is 12.9. The molecule has 2 aromatic carbocycles. The van der Waals surface area contributed by atoms with Gasteiger partial charge < -0.3 is 5.32 Å². The predicted molar refractivity (Wildman–Crippen MR) is 110 cm³/mol. The van der Waals surface area contributed by atoms with Crippen molar-refractivity contribution in [2.45, 2.75) is 45.3 Å². The first-order valence-corrected chi connectivity index (χ1v) is 9.66. The molecule has 1 heterocycles. The first-order valence-electron chi connectivity index (χ1n) is 9.66. The van der Waals surface area contributed by atoms with Gasteiger partial charge in [0.15, 0.2) is 5.82 Å². The molecule has 0 saturated heterocycles. The van der Waals surface area contributed by atoms with Crippen molar-refractivity contribution >= 4 is 5.69 Å². The van der Waals surface area contributed by atoms with Gasteiger partial charge in [-0.1, -0.05) is 37.3 Å². The van der Waals surface area contributed by atoms with Crippen LogP contribution in [0.15, 0.2) is 60.9 Å². The van der Waals surface area contributed by atoms with Crippen molar-refractivity contribution < 1.29 is 13.2 Å². The number of nitrogens with one attached hydrogen (secondary N) is 1. The fourth-order valence-corrected chi connectivity index (χ4v) is 3.24. The maximum absolute atomic E-state index is 12.9. The second kappa shape index (κ2) is 9.07. The predicted octanol–water partition coefficient (Wildman–Crippen LogP) is 6.51. The minimum absolute atomic E-state index is 0.0414. The summed E-state index contributed by atoms with van der Waals surface area (Å²) < 4.78 is 38.6. The molecular weight excluding hydrogens is 375 g/mol. The Morgan fingerprint density at radius 3 is 2.28 bits per heavy atom. The molecule has 1 aromatic heterocycles. The number of halogens is 3. The number of aryl methyl sites for hydroxylation is 2. The Balaban J connectivity index is 1.87. The van der Waals surface area contributed by atoms with Crippen LogP contribution in [0.5, 0.6) is 0 Å². The molecule has 1 atom stereocenters. The van der Waals surface area contributed by atoms with Crippen LogP contribution in [0.3, 0.4) is 0 Å². The Kier molecular flexibility index (Phi) is 6.52. The summed E-state index contributed by atoms with van der Waals surface area (Å²) in [5.74, 6) is 0.611. The molecule has 0 amide bonds. The van der Waals surface area contributed by atoms with Gasteiger partial charge in [-0.05, 0) is 54.7 Å². The minimum Gasteiger partial charge on any atom is -0.378 e. The Bertz CT molecular complexity index is 922. The molecule has 0 saturated carbocycles. The summed E-state index contributed by atoms with van der Waals surface area (Å²) in [4.78, 5) is 8.79. The topological polar surface area (TPSA) is 37.8 Å². The lowest BCUT2D eigenvalue weighted by Crippen LogP contribution is -2.17. The minimum atomic E-state index is -4.20. The van der Waals surface area contributed by atoms with E-state index in [0.717, 1.165) is 34.4 Å². The molecule has 0 fully saturated rings. The van der Waals surface area contributed by atoms with Gasteiger partial charge in [0.2, 0.25) is 0 Å². The third-order valence-corrected chi connectivity index (χ3v) is 4.85. The largest absolute Gasteiger partial charge is 0.389 e. The van der Waals surface area contributed by atoms with Crippen LogP contribution in [0.1, 0.15) is 42.5 Å². The zero-order valence-electron chi connectivity index (χ0n) is 16.5. The first-order chi connectivity index (χ1) is 13.9. The van der Waals surface area contributed by atoms with Crippen molar-refractivity contribution in [1.29, 1.82) is 0 Å². The van der Waals surface area contributed by atoms with E-state index in [4.69, 9.17) is 0 Å². The highest BCUT2D eigenvalue weighted by molar-refractivity contribution is 5.58. The average molecular weight is 399 g/mol. The molecule has 0 radical (unpaired) electrons. The van der Waals surface area contributed by atoms with Crippen LogP contribution < -0.4 is 5.32 Å². The van der Waals surface area contributed by atoms with E-state index < -0.39 is 18.6 Å². The Morgan fingerprint density at radius 1 is 1.00 bits per heavy atom. The zero-order chi connectivity index (χ0) is 20.9. The molecule has 3 nitrogen and oxygen atoms in total. The highest BCUT2D eigenvalue weighted by Crippen LogP contribution is 2.32. The first kappa shape index (κ1) is 20.8. The summed E-state index contributed by atoms with van der Waals surface area (Å²) in [6.07, 6.45) is -0.618. The fourth-order valence-electron chi connectivity index (χ4n) is 3.24. The number of rotatable bonds is 7. The lowest BCUT2D eigenvalue weighted by molar-refractivity contribution is -0.136. The number of nitrogens with zero attached hydrogens (tertiary/aromatic N) is 2. The van der Waals surface area contributed by atoms with E-state index in [2.05, 4.69) is 15.3 Å². The third-order valence-electron chi connectivity index (χ3n) is 4.85. The molecule has 0 aliphatic rings. The molecule has 6 heteroatoms. The number of hydrogen-bond donors (Lipinski definition) is 1. The van der Waals surface area contributed by atoms with E-state index in [-0.39, 0.29) is 6.42 Å². The van der Waals surface area contributed by atoms with Gasteiger partial charge >= 0.3 is 6.18 Å². The standard InChI is InChI=1S/C23H24F3N3/c1-3-17-14-27-22(28-15-17)18-9-10-20(16(2)13-18)21(11-12-23(24,25)26)29-19-7-5-4-6-8-19/h4-10,13-15,21,29H,3,11-12H2,1-2H3. The van der Waals surface area contributed by atoms with E-state index in [0.29, 0.717) is 5.82 Å². The molecular formula is C23H24F3N3. The van der Waals surface area contributed by atoms with Gasteiger partial charge in [0.05, 0.1) is 6.04 Å². The summed E-state index contributed by atoms with van der Waals surface area (Å²) in [7, 11) is 0. The monoisotopic (exact) mass is 399 g/mol. The van der Waals surface area contributed by atoms with Crippen LogP contribution in [-0.2, 0) is 6.42 Å². The lowest BCUT2D eigenvalue weighted by atomic mass is 9.95. The summed E-state index contributed by atoms with van der Waals surface area (Å²) in [6, 6.07) is 14.5. The Labute approximate surface area is 169 Å². The zero-order valence-corrected chi connectivity index (χ0v) is 16.5. The molecule has 0 bridgehead atoms. The lowest BCUT2D eigenvalue weighted by Gasteiger charge is -2.23. The van der Waals surface area contributed by atoms with Crippen molar-refractivity contribution in [3.8, 4) is 11.4 Å². The highest BCUT2D eigenvalue weighted by atomic mass is 19.4. The number of aromatic nitrogens is 2. The van der Waals surface area contributed by atoms with Crippen molar-refractivity contribution in [3.63, 3.8) is 0 Å². The van der Waals surface area contributed by atoms with Gasteiger partial charge in [-0.15, -0.1) is 0 Å². The van der Waals surface area contributed by atoms with Gasteiger partial charge in [-0.3, -0.25) is 0 Å². The van der Waals surface area contributed by atoms with Gasteiger partial charge in [0, 0.05) is 30.1 Å². The Hall–Kier alpha value is -2.89. The van der Waals surface area contributed by atoms with Crippen LogP contribution in [0.25, 0.3) is 11.4 Å². The molecule has 152 valence electrons. The molecule has 3 aromatic rings. The average Bonchev–Trinajstić information content (AvgIpc) is 2.71. The molecule has 1 N–H and O–H groups in total.